The maximum atomic E-state index is 12.2. The molecular formula is C6H4ClF2IN2. The van der Waals surface area contributed by atoms with Crippen LogP contribution in [0.25, 0.3) is 0 Å². The van der Waals surface area contributed by atoms with Crippen molar-refractivity contribution in [3.8, 4) is 0 Å². The van der Waals surface area contributed by atoms with Crippen molar-refractivity contribution in [2.75, 3.05) is 5.73 Å². The molecule has 0 unspecified atom stereocenters. The summed E-state index contributed by atoms with van der Waals surface area (Å²) >= 11 is 7.42. The van der Waals surface area contributed by atoms with Gasteiger partial charge in [-0.25, -0.2) is 13.8 Å². The number of rotatable bonds is 1. The van der Waals surface area contributed by atoms with Crippen molar-refractivity contribution in [3.05, 3.63) is 20.5 Å². The number of hydrogen-bond acceptors (Lipinski definition) is 2. The van der Waals surface area contributed by atoms with Gasteiger partial charge in [0.2, 0.25) is 0 Å². The molecule has 1 aromatic rings. The highest BCUT2D eigenvalue weighted by molar-refractivity contribution is 14.1. The van der Waals surface area contributed by atoms with Crippen LogP contribution in [0.15, 0.2) is 6.20 Å². The Balaban J connectivity index is 3.27. The Labute approximate surface area is 86.3 Å². The number of aromatic nitrogens is 1. The Morgan fingerprint density at radius 3 is 2.67 bits per heavy atom. The molecule has 0 aliphatic heterocycles. The molecule has 0 aromatic carbocycles. The van der Waals surface area contributed by atoms with E-state index in [4.69, 9.17) is 17.3 Å². The predicted molar refractivity (Wildman–Crippen MR) is 51.3 cm³/mol. The predicted octanol–water partition coefficient (Wildman–Crippen LogP) is 2.86. The van der Waals surface area contributed by atoms with Crippen molar-refractivity contribution in [2.45, 2.75) is 6.43 Å². The maximum Gasteiger partial charge on any atom is 0.267 e. The molecule has 0 saturated heterocycles. The van der Waals surface area contributed by atoms with Gasteiger partial charge in [0.1, 0.15) is 3.70 Å². The number of hydrogen-bond donors (Lipinski definition) is 1. The molecule has 0 aliphatic carbocycles. The van der Waals surface area contributed by atoms with E-state index >= 15 is 0 Å². The molecule has 2 N–H and O–H groups in total. The molecule has 0 fully saturated rings. The number of nitrogens with two attached hydrogens (primary N) is 1. The molecule has 2 nitrogen and oxygen atoms in total. The second kappa shape index (κ2) is 3.69. The van der Waals surface area contributed by atoms with Crippen molar-refractivity contribution in [3.63, 3.8) is 0 Å². The van der Waals surface area contributed by atoms with E-state index in [1.807, 2.05) is 22.6 Å². The lowest BCUT2D eigenvalue weighted by atomic mass is 10.2. The fourth-order valence-corrected chi connectivity index (χ4v) is 1.25. The summed E-state index contributed by atoms with van der Waals surface area (Å²) in [6.45, 7) is 0. The molecule has 0 bridgehead atoms. The number of alkyl halides is 2. The van der Waals surface area contributed by atoms with E-state index in [-0.39, 0.29) is 16.3 Å². The summed E-state index contributed by atoms with van der Waals surface area (Å²) in [6.07, 6.45) is -1.60. The van der Waals surface area contributed by atoms with Crippen LogP contribution in [-0.4, -0.2) is 4.98 Å². The monoisotopic (exact) mass is 304 g/mol. The van der Waals surface area contributed by atoms with Gasteiger partial charge in [0, 0.05) is 6.20 Å². The van der Waals surface area contributed by atoms with Crippen molar-refractivity contribution in [1.29, 1.82) is 0 Å². The van der Waals surface area contributed by atoms with Crippen LogP contribution in [0.4, 0.5) is 14.5 Å². The van der Waals surface area contributed by atoms with Gasteiger partial charge >= 0.3 is 0 Å². The Morgan fingerprint density at radius 1 is 1.58 bits per heavy atom. The van der Waals surface area contributed by atoms with Gasteiger partial charge in [-0.1, -0.05) is 11.6 Å². The summed E-state index contributed by atoms with van der Waals surface area (Å²) in [4.78, 5) is 3.66. The highest BCUT2D eigenvalue weighted by Gasteiger charge is 2.15. The fraction of sp³-hybridized carbons (Fsp3) is 0.167. The summed E-state index contributed by atoms with van der Waals surface area (Å²) < 4.78 is 24.7. The van der Waals surface area contributed by atoms with Crippen LogP contribution in [-0.2, 0) is 0 Å². The lowest BCUT2D eigenvalue weighted by Crippen LogP contribution is -1.99. The van der Waals surface area contributed by atoms with Crippen LogP contribution in [0.3, 0.4) is 0 Å². The third-order valence-electron chi connectivity index (χ3n) is 1.28. The second-order valence-electron chi connectivity index (χ2n) is 2.03. The van der Waals surface area contributed by atoms with E-state index in [1.165, 1.54) is 0 Å². The zero-order chi connectivity index (χ0) is 9.30. The fourth-order valence-electron chi connectivity index (χ4n) is 0.664. The minimum absolute atomic E-state index is 0.0911. The molecule has 6 heteroatoms. The number of anilines is 1. The molecule has 0 saturated carbocycles. The molecule has 1 heterocycles. The molecular weight excluding hydrogens is 300 g/mol. The largest absolute Gasteiger partial charge is 0.397 e. The first-order valence-corrected chi connectivity index (χ1v) is 4.37. The van der Waals surface area contributed by atoms with Gasteiger partial charge in [-0.3, -0.25) is 0 Å². The molecule has 12 heavy (non-hydrogen) atoms. The molecule has 0 aliphatic rings. The van der Waals surface area contributed by atoms with Crippen molar-refractivity contribution in [2.24, 2.45) is 0 Å². The molecule has 0 amide bonds. The van der Waals surface area contributed by atoms with Gasteiger partial charge in [0.15, 0.2) is 0 Å². The first kappa shape index (κ1) is 9.91. The maximum absolute atomic E-state index is 12.2. The van der Waals surface area contributed by atoms with Gasteiger partial charge in [0.05, 0.1) is 16.3 Å². The van der Waals surface area contributed by atoms with Crippen molar-refractivity contribution >= 4 is 39.9 Å². The Kier molecular flexibility index (Phi) is 3.05. The minimum atomic E-state index is -2.63. The van der Waals surface area contributed by atoms with Gasteiger partial charge in [-0.2, -0.15) is 0 Å². The Bertz CT molecular complexity index is 306. The van der Waals surface area contributed by atoms with Crippen molar-refractivity contribution < 1.29 is 8.78 Å². The highest BCUT2D eigenvalue weighted by atomic mass is 127. The summed E-state index contributed by atoms with van der Waals surface area (Å²) in [5.41, 5.74) is 4.92. The van der Waals surface area contributed by atoms with E-state index in [9.17, 15) is 8.78 Å². The quantitative estimate of drug-likeness (QED) is 0.640. The van der Waals surface area contributed by atoms with Crippen molar-refractivity contribution in [1.82, 2.24) is 4.98 Å². The summed E-state index contributed by atoms with van der Waals surface area (Å²) in [5.74, 6) is 0. The van der Waals surface area contributed by atoms with Crippen LogP contribution in [0, 0.1) is 3.70 Å². The third-order valence-corrected chi connectivity index (χ3v) is 2.80. The molecule has 66 valence electrons. The lowest BCUT2D eigenvalue weighted by Gasteiger charge is -2.05. The molecule has 1 aromatic heterocycles. The minimum Gasteiger partial charge on any atom is -0.397 e. The first-order chi connectivity index (χ1) is 5.54. The average Bonchev–Trinajstić information content (AvgIpc) is 2.00. The van der Waals surface area contributed by atoms with E-state index in [0.29, 0.717) is 3.70 Å². The third kappa shape index (κ3) is 1.77. The van der Waals surface area contributed by atoms with Crippen LogP contribution in [0.2, 0.25) is 5.02 Å². The normalized spacial score (nSPS) is 10.8. The number of nitrogens with zero attached hydrogens (tertiary/aromatic N) is 1. The van der Waals surface area contributed by atoms with E-state index in [2.05, 4.69) is 4.98 Å². The van der Waals surface area contributed by atoms with Crippen LogP contribution < -0.4 is 5.73 Å². The van der Waals surface area contributed by atoms with Crippen LogP contribution in [0.5, 0.6) is 0 Å². The van der Waals surface area contributed by atoms with Gasteiger partial charge in [-0.15, -0.1) is 0 Å². The number of halogens is 4. The van der Waals surface area contributed by atoms with E-state index < -0.39 is 6.43 Å². The Hall–Kier alpha value is -0.170. The van der Waals surface area contributed by atoms with Gasteiger partial charge < -0.3 is 5.73 Å². The Morgan fingerprint density at radius 2 is 2.17 bits per heavy atom. The van der Waals surface area contributed by atoms with Crippen LogP contribution >= 0.6 is 34.2 Å². The van der Waals surface area contributed by atoms with E-state index in [1.54, 1.807) is 0 Å². The summed E-state index contributed by atoms with van der Waals surface area (Å²) in [6, 6.07) is 0. The molecule has 1 rings (SSSR count). The van der Waals surface area contributed by atoms with Crippen LogP contribution in [0.1, 0.15) is 12.0 Å². The zero-order valence-electron chi connectivity index (χ0n) is 5.69. The summed E-state index contributed by atoms with van der Waals surface area (Å²) in [5, 5.41) is 0.0911. The SMILES string of the molecule is Nc1c(C(F)F)cnc(I)c1Cl. The average molecular weight is 304 g/mol. The number of pyridine rings is 1. The molecule has 0 radical (unpaired) electrons. The van der Waals surface area contributed by atoms with E-state index in [0.717, 1.165) is 6.20 Å². The highest BCUT2D eigenvalue weighted by Crippen LogP contribution is 2.31. The molecule has 0 atom stereocenters. The van der Waals surface area contributed by atoms with Gasteiger partial charge in [-0.05, 0) is 22.6 Å². The zero-order valence-corrected chi connectivity index (χ0v) is 8.60. The first-order valence-electron chi connectivity index (χ1n) is 2.91. The number of nitrogen functional groups attached to an aromatic ring is 1. The molecule has 0 spiro atoms. The summed E-state index contributed by atoms with van der Waals surface area (Å²) in [7, 11) is 0. The lowest BCUT2D eigenvalue weighted by molar-refractivity contribution is 0.152. The van der Waals surface area contributed by atoms with Gasteiger partial charge in [0.25, 0.3) is 6.43 Å². The second-order valence-corrected chi connectivity index (χ2v) is 3.43. The smallest absolute Gasteiger partial charge is 0.267 e. The topological polar surface area (TPSA) is 38.9 Å². The standard InChI is InChI=1S/C6H4ClF2IN2/c7-3-4(11)2(5(8)9)1-12-6(3)10/h1,5H,(H2,11,12).